The van der Waals surface area contributed by atoms with Crippen LogP contribution in [0, 0.1) is 0 Å². The lowest BCUT2D eigenvalue weighted by molar-refractivity contribution is 0.0253. The molecule has 0 aromatic rings. The number of aliphatic hydroxyl groups is 1. The minimum atomic E-state index is -3.38. The highest BCUT2D eigenvalue weighted by Crippen LogP contribution is 1.95. The molecule has 16 heavy (non-hydrogen) atoms. The fraction of sp³-hybridized carbons (Fsp3) is 1.00. The monoisotopic (exact) mass is 256 g/mol. The van der Waals surface area contributed by atoms with Gasteiger partial charge in [0.2, 0.25) is 0 Å². The van der Waals surface area contributed by atoms with Crippen molar-refractivity contribution in [3.63, 3.8) is 0 Å². The Bertz CT molecular complexity index is 238. The number of rotatable bonds is 11. The molecule has 0 aliphatic rings. The van der Waals surface area contributed by atoms with Crippen molar-refractivity contribution in [1.29, 1.82) is 0 Å². The minimum absolute atomic E-state index is 0.0155. The maximum Gasteiger partial charge on any atom is 0.267 e. The lowest BCUT2D eigenvalue weighted by Crippen LogP contribution is -2.15. The lowest BCUT2D eigenvalue weighted by Gasteiger charge is -2.06. The van der Waals surface area contributed by atoms with Crippen LogP contribution < -0.4 is 0 Å². The van der Waals surface area contributed by atoms with Gasteiger partial charge in [-0.1, -0.05) is 6.92 Å². The van der Waals surface area contributed by atoms with Gasteiger partial charge in [-0.05, 0) is 6.42 Å². The number of aliphatic hydroxyl groups excluding tert-OH is 1. The highest BCUT2D eigenvalue weighted by molar-refractivity contribution is 7.86. The van der Waals surface area contributed by atoms with E-state index in [0.29, 0.717) is 19.6 Å². The van der Waals surface area contributed by atoms with E-state index < -0.39 is 10.1 Å². The van der Waals surface area contributed by atoms with E-state index in [1.807, 2.05) is 0 Å². The molecule has 1 N–H and O–H groups in total. The first kappa shape index (κ1) is 15.8. The Morgan fingerprint density at radius 2 is 1.56 bits per heavy atom. The number of hydrogen-bond acceptors (Lipinski definition) is 6. The second-order valence-corrected chi connectivity index (χ2v) is 4.79. The van der Waals surface area contributed by atoms with Gasteiger partial charge in [-0.15, -0.1) is 0 Å². The van der Waals surface area contributed by atoms with Crippen molar-refractivity contribution in [2.75, 3.05) is 45.4 Å². The Balaban J connectivity index is 3.27. The maximum absolute atomic E-state index is 11.1. The summed E-state index contributed by atoms with van der Waals surface area (Å²) in [5.74, 6) is 0.0343. The van der Waals surface area contributed by atoms with Gasteiger partial charge in [-0.2, -0.15) is 8.42 Å². The normalized spacial score (nSPS) is 11.9. The van der Waals surface area contributed by atoms with Crippen molar-refractivity contribution in [3.05, 3.63) is 0 Å². The highest BCUT2D eigenvalue weighted by Gasteiger charge is 2.08. The Labute approximate surface area is 96.6 Å². The molecule has 0 aliphatic heterocycles. The molecular formula is C9H20O6S. The first-order valence-corrected chi connectivity index (χ1v) is 6.83. The molecule has 0 amide bonds. The smallest absolute Gasteiger partial charge is 0.267 e. The molecule has 0 fully saturated rings. The average molecular weight is 256 g/mol. The standard InChI is InChI=1S/C9H20O6S/c1-2-9-16(11,12)15-8-7-14-6-5-13-4-3-10/h10H,2-9H2,1H3. The molecule has 0 saturated carbocycles. The Morgan fingerprint density at radius 3 is 2.12 bits per heavy atom. The summed E-state index contributed by atoms with van der Waals surface area (Å²) in [5, 5.41) is 8.39. The van der Waals surface area contributed by atoms with Gasteiger partial charge >= 0.3 is 0 Å². The van der Waals surface area contributed by atoms with Gasteiger partial charge in [0.1, 0.15) is 0 Å². The van der Waals surface area contributed by atoms with E-state index in [9.17, 15) is 8.42 Å². The molecule has 0 heterocycles. The van der Waals surface area contributed by atoms with E-state index in [-0.39, 0.29) is 32.2 Å². The highest BCUT2D eigenvalue weighted by atomic mass is 32.2. The third kappa shape index (κ3) is 10.3. The van der Waals surface area contributed by atoms with Crippen LogP contribution in [0.25, 0.3) is 0 Å². The van der Waals surface area contributed by atoms with Gasteiger partial charge in [0.25, 0.3) is 10.1 Å². The zero-order chi connectivity index (χ0) is 12.3. The maximum atomic E-state index is 11.1. The van der Waals surface area contributed by atoms with Crippen LogP contribution in [0.2, 0.25) is 0 Å². The predicted molar refractivity (Wildman–Crippen MR) is 58.8 cm³/mol. The van der Waals surface area contributed by atoms with Crippen molar-refractivity contribution in [2.24, 2.45) is 0 Å². The van der Waals surface area contributed by atoms with Crippen LogP contribution in [-0.2, 0) is 23.8 Å². The van der Waals surface area contributed by atoms with Crippen LogP contribution >= 0.6 is 0 Å². The van der Waals surface area contributed by atoms with Crippen LogP contribution in [0.1, 0.15) is 13.3 Å². The lowest BCUT2D eigenvalue weighted by atomic mass is 10.6. The molecule has 6 nitrogen and oxygen atoms in total. The third-order valence-electron chi connectivity index (χ3n) is 1.55. The van der Waals surface area contributed by atoms with Crippen LogP contribution in [0.3, 0.4) is 0 Å². The van der Waals surface area contributed by atoms with Crippen molar-refractivity contribution in [3.8, 4) is 0 Å². The first-order valence-electron chi connectivity index (χ1n) is 5.26. The minimum Gasteiger partial charge on any atom is -0.394 e. The largest absolute Gasteiger partial charge is 0.394 e. The van der Waals surface area contributed by atoms with Gasteiger partial charge in [-0.3, -0.25) is 4.18 Å². The second kappa shape index (κ2) is 9.98. The summed E-state index contributed by atoms with van der Waals surface area (Å²) in [6.45, 7) is 3.02. The third-order valence-corrected chi connectivity index (χ3v) is 2.99. The summed E-state index contributed by atoms with van der Waals surface area (Å²) in [4.78, 5) is 0. The molecule has 0 unspecified atom stereocenters. The predicted octanol–water partition coefficient (Wildman–Crippen LogP) is -0.232. The zero-order valence-corrected chi connectivity index (χ0v) is 10.4. The molecule has 0 saturated heterocycles. The Hall–Kier alpha value is -0.210. The summed E-state index contributed by atoms with van der Waals surface area (Å²) in [6.07, 6.45) is 0.540. The topological polar surface area (TPSA) is 82.1 Å². The van der Waals surface area contributed by atoms with E-state index in [0.717, 1.165) is 0 Å². The van der Waals surface area contributed by atoms with E-state index >= 15 is 0 Å². The van der Waals surface area contributed by atoms with Crippen LogP contribution in [0.15, 0.2) is 0 Å². The zero-order valence-electron chi connectivity index (χ0n) is 9.55. The van der Waals surface area contributed by atoms with Gasteiger partial charge in [0.05, 0.1) is 45.4 Å². The molecule has 0 bridgehead atoms. The molecule has 0 atom stereocenters. The van der Waals surface area contributed by atoms with Crippen molar-refractivity contribution in [1.82, 2.24) is 0 Å². The molecule has 98 valence electrons. The van der Waals surface area contributed by atoms with E-state index in [1.54, 1.807) is 6.92 Å². The van der Waals surface area contributed by atoms with E-state index in [1.165, 1.54) is 0 Å². The SMILES string of the molecule is CCCS(=O)(=O)OCCOCCOCCO. The van der Waals surface area contributed by atoms with Crippen molar-refractivity contribution < 1.29 is 27.2 Å². The van der Waals surface area contributed by atoms with Gasteiger partial charge < -0.3 is 14.6 Å². The summed E-state index contributed by atoms with van der Waals surface area (Å²) in [6, 6.07) is 0. The van der Waals surface area contributed by atoms with E-state index in [2.05, 4.69) is 4.18 Å². The fourth-order valence-electron chi connectivity index (χ4n) is 0.915. The summed E-state index contributed by atoms with van der Waals surface area (Å²) in [5.41, 5.74) is 0. The number of ether oxygens (including phenoxy) is 2. The second-order valence-electron chi connectivity index (χ2n) is 3.03. The molecule has 0 aliphatic carbocycles. The van der Waals surface area contributed by atoms with Crippen LogP contribution in [-0.4, -0.2) is 58.9 Å². The molecular weight excluding hydrogens is 236 g/mol. The summed E-state index contributed by atoms with van der Waals surface area (Å²) >= 11 is 0. The quantitative estimate of drug-likeness (QED) is 0.406. The van der Waals surface area contributed by atoms with Gasteiger partial charge in [-0.25, -0.2) is 0 Å². The van der Waals surface area contributed by atoms with Crippen LogP contribution in [0.4, 0.5) is 0 Å². The summed E-state index contributed by atoms with van der Waals surface area (Å²) in [7, 11) is -3.38. The van der Waals surface area contributed by atoms with Gasteiger partial charge in [0, 0.05) is 0 Å². The number of hydrogen-bond donors (Lipinski definition) is 1. The molecule has 0 radical (unpaired) electrons. The molecule has 0 spiro atoms. The Kier molecular flexibility index (Phi) is 9.85. The average Bonchev–Trinajstić information content (AvgIpc) is 2.22. The molecule has 0 aromatic carbocycles. The van der Waals surface area contributed by atoms with Crippen LogP contribution in [0.5, 0.6) is 0 Å². The van der Waals surface area contributed by atoms with Crippen molar-refractivity contribution >= 4 is 10.1 Å². The van der Waals surface area contributed by atoms with E-state index in [4.69, 9.17) is 14.6 Å². The fourth-order valence-corrected chi connectivity index (χ4v) is 1.86. The first-order chi connectivity index (χ1) is 7.62. The van der Waals surface area contributed by atoms with Gasteiger partial charge in [0.15, 0.2) is 0 Å². The molecule has 0 aromatic heterocycles. The summed E-state index contributed by atoms with van der Waals surface area (Å²) < 4.78 is 36.8. The Morgan fingerprint density at radius 1 is 1.00 bits per heavy atom. The molecule has 7 heteroatoms. The molecule has 0 rings (SSSR count). The van der Waals surface area contributed by atoms with Crippen molar-refractivity contribution in [2.45, 2.75) is 13.3 Å².